The van der Waals surface area contributed by atoms with Gasteiger partial charge in [-0.05, 0) is 36.6 Å². The minimum absolute atomic E-state index is 0.0567. The van der Waals surface area contributed by atoms with Crippen molar-refractivity contribution in [2.45, 2.75) is 30.8 Å². The maximum atomic E-state index is 13.6. The van der Waals surface area contributed by atoms with Gasteiger partial charge in [0.1, 0.15) is 11.2 Å². The maximum absolute atomic E-state index is 13.6. The van der Waals surface area contributed by atoms with Gasteiger partial charge in [-0.2, -0.15) is 13.2 Å². The summed E-state index contributed by atoms with van der Waals surface area (Å²) < 4.78 is 53.4. The number of carbonyl (C=O) groups excluding carboxylic acids is 2. The van der Waals surface area contributed by atoms with Crippen LogP contribution in [0.4, 0.5) is 17.6 Å². The fourth-order valence-electron chi connectivity index (χ4n) is 3.32. The summed E-state index contributed by atoms with van der Waals surface area (Å²) in [6, 6.07) is 2.35. The number of alkyl halides is 3. The molecule has 2 aliphatic rings. The van der Waals surface area contributed by atoms with Crippen LogP contribution in [0, 0.1) is 5.82 Å². The van der Waals surface area contributed by atoms with Crippen molar-refractivity contribution >= 4 is 23.6 Å². The second kappa shape index (κ2) is 7.46. The third-order valence-electron chi connectivity index (χ3n) is 4.55. The van der Waals surface area contributed by atoms with Gasteiger partial charge in [0, 0.05) is 26.1 Å². The van der Waals surface area contributed by atoms with Crippen LogP contribution in [0.25, 0.3) is 0 Å². The molecule has 4 nitrogen and oxygen atoms in total. The van der Waals surface area contributed by atoms with Crippen molar-refractivity contribution in [1.82, 2.24) is 9.80 Å². The van der Waals surface area contributed by atoms with Gasteiger partial charge in [0.2, 0.25) is 11.8 Å². The maximum Gasteiger partial charge on any atom is 0.416 e. The third-order valence-corrected chi connectivity index (χ3v) is 5.79. The quantitative estimate of drug-likeness (QED) is 0.724. The van der Waals surface area contributed by atoms with Gasteiger partial charge in [0.15, 0.2) is 0 Å². The van der Waals surface area contributed by atoms with Crippen molar-refractivity contribution in [3.8, 4) is 0 Å². The molecule has 142 valence electrons. The summed E-state index contributed by atoms with van der Waals surface area (Å²) in [5, 5.41) is -0.871. The molecule has 2 heterocycles. The second-order valence-corrected chi connectivity index (χ2v) is 7.39. The number of benzene rings is 1. The van der Waals surface area contributed by atoms with Gasteiger partial charge < -0.3 is 9.80 Å². The highest BCUT2D eigenvalue weighted by Gasteiger charge is 2.40. The molecule has 0 aliphatic carbocycles. The van der Waals surface area contributed by atoms with Crippen LogP contribution in [0.15, 0.2) is 18.2 Å². The molecular formula is C17H18F4N2O2S. The summed E-state index contributed by atoms with van der Waals surface area (Å²) in [7, 11) is 0. The van der Waals surface area contributed by atoms with Crippen molar-refractivity contribution in [2.75, 3.05) is 25.4 Å². The second-order valence-electron chi connectivity index (χ2n) is 6.32. The van der Waals surface area contributed by atoms with Crippen LogP contribution >= 0.6 is 11.8 Å². The molecule has 2 saturated heterocycles. The number of thioether (sulfide) groups is 1. The van der Waals surface area contributed by atoms with E-state index in [0.717, 1.165) is 36.4 Å². The largest absolute Gasteiger partial charge is 0.416 e. The van der Waals surface area contributed by atoms with E-state index in [1.54, 1.807) is 4.90 Å². The lowest BCUT2D eigenvalue weighted by Gasteiger charge is -2.27. The molecular weight excluding hydrogens is 372 g/mol. The SMILES string of the molecule is O=C1CCCN1CCCN1C(=O)CSC1c1cc(F)ccc1C(F)(F)F. The first-order valence-electron chi connectivity index (χ1n) is 8.33. The van der Waals surface area contributed by atoms with E-state index in [0.29, 0.717) is 25.9 Å². The molecule has 0 aromatic heterocycles. The van der Waals surface area contributed by atoms with E-state index in [2.05, 4.69) is 0 Å². The van der Waals surface area contributed by atoms with E-state index in [1.165, 1.54) is 4.90 Å². The molecule has 1 aromatic rings. The standard InChI is InChI=1S/C17H18F4N2O2S/c18-11-4-5-13(17(19,20)21)12(9-11)16-23(15(25)10-26-16)8-2-7-22-6-1-3-14(22)24/h4-5,9,16H,1-3,6-8,10H2. The fraction of sp³-hybridized carbons (Fsp3) is 0.529. The number of rotatable bonds is 5. The highest BCUT2D eigenvalue weighted by molar-refractivity contribution is 8.00. The van der Waals surface area contributed by atoms with E-state index < -0.39 is 22.9 Å². The van der Waals surface area contributed by atoms with Crippen LogP contribution in [-0.2, 0) is 15.8 Å². The van der Waals surface area contributed by atoms with Crippen LogP contribution in [0.5, 0.6) is 0 Å². The molecule has 2 amide bonds. The summed E-state index contributed by atoms with van der Waals surface area (Å²) in [5.74, 6) is -0.921. The number of carbonyl (C=O) groups is 2. The first-order valence-corrected chi connectivity index (χ1v) is 9.38. The van der Waals surface area contributed by atoms with Crippen LogP contribution in [0.3, 0.4) is 0 Å². The van der Waals surface area contributed by atoms with E-state index >= 15 is 0 Å². The lowest BCUT2D eigenvalue weighted by atomic mass is 10.1. The topological polar surface area (TPSA) is 40.6 Å². The Kier molecular flexibility index (Phi) is 5.45. The molecule has 0 N–H and O–H groups in total. The van der Waals surface area contributed by atoms with Gasteiger partial charge in [0.05, 0.1) is 11.3 Å². The number of hydrogen-bond acceptors (Lipinski definition) is 3. The molecule has 1 aromatic carbocycles. The first kappa shape index (κ1) is 19.0. The van der Waals surface area contributed by atoms with Gasteiger partial charge >= 0.3 is 6.18 Å². The highest BCUT2D eigenvalue weighted by Crippen LogP contribution is 2.44. The molecule has 9 heteroatoms. The summed E-state index contributed by atoms with van der Waals surface area (Å²) in [5.41, 5.74) is -1.16. The Morgan fingerprint density at radius 1 is 1.15 bits per heavy atom. The average molecular weight is 390 g/mol. The zero-order valence-electron chi connectivity index (χ0n) is 13.9. The zero-order chi connectivity index (χ0) is 18.9. The minimum Gasteiger partial charge on any atom is -0.343 e. The summed E-state index contributed by atoms with van der Waals surface area (Å²) in [6.07, 6.45) is -2.83. The number of hydrogen-bond donors (Lipinski definition) is 0. The Morgan fingerprint density at radius 3 is 2.58 bits per heavy atom. The van der Waals surface area contributed by atoms with Crippen molar-refractivity contribution in [3.05, 3.63) is 35.1 Å². The van der Waals surface area contributed by atoms with Crippen LogP contribution < -0.4 is 0 Å². The van der Waals surface area contributed by atoms with Gasteiger partial charge in [-0.3, -0.25) is 9.59 Å². The number of halogens is 4. The average Bonchev–Trinajstić information content (AvgIpc) is 3.13. The van der Waals surface area contributed by atoms with E-state index in [4.69, 9.17) is 0 Å². The first-order chi connectivity index (χ1) is 12.3. The molecule has 0 radical (unpaired) electrons. The molecule has 0 spiro atoms. The third kappa shape index (κ3) is 3.97. The van der Waals surface area contributed by atoms with E-state index in [9.17, 15) is 27.2 Å². The van der Waals surface area contributed by atoms with Crippen LogP contribution in [0.1, 0.15) is 35.8 Å². The molecule has 1 unspecified atom stereocenters. The van der Waals surface area contributed by atoms with Crippen molar-refractivity contribution in [2.24, 2.45) is 0 Å². The molecule has 1 atom stereocenters. The Balaban J connectivity index is 1.75. The van der Waals surface area contributed by atoms with Crippen molar-refractivity contribution < 1.29 is 27.2 Å². The van der Waals surface area contributed by atoms with Crippen LogP contribution in [-0.4, -0.2) is 47.0 Å². The van der Waals surface area contributed by atoms with Gasteiger partial charge in [-0.15, -0.1) is 11.8 Å². The zero-order valence-corrected chi connectivity index (χ0v) is 14.7. The summed E-state index contributed by atoms with van der Waals surface area (Å²) in [4.78, 5) is 26.8. The lowest BCUT2D eigenvalue weighted by molar-refractivity contribution is -0.139. The monoisotopic (exact) mass is 390 g/mol. The smallest absolute Gasteiger partial charge is 0.343 e. The summed E-state index contributed by atoms with van der Waals surface area (Å²) >= 11 is 1.06. The van der Waals surface area contributed by atoms with E-state index in [-0.39, 0.29) is 29.7 Å². The molecule has 2 fully saturated rings. The molecule has 26 heavy (non-hydrogen) atoms. The van der Waals surface area contributed by atoms with Crippen molar-refractivity contribution in [1.29, 1.82) is 0 Å². The number of nitrogens with zero attached hydrogens (tertiary/aromatic N) is 2. The normalized spacial score (nSPS) is 21.2. The Morgan fingerprint density at radius 2 is 1.92 bits per heavy atom. The predicted molar refractivity (Wildman–Crippen MR) is 88.7 cm³/mol. The minimum atomic E-state index is -4.62. The number of amides is 2. The Labute approximate surface area is 152 Å². The number of likely N-dealkylation sites (tertiary alicyclic amines) is 1. The molecule has 3 rings (SSSR count). The molecule has 2 aliphatic heterocycles. The Hall–Kier alpha value is -1.77. The predicted octanol–water partition coefficient (Wildman–Crippen LogP) is 3.43. The highest BCUT2D eigenvalue weighted by atomic mass is 32.2. The fourth-order valence-corrected chi connectivity index (χ4v) is 4.57. The lowest BCUT2D eigenvalue weighted by Crippen LogP contribution is -2.33. The molecule has 0 saturated carbocycles. The van der Waals surface area contributed by atoms with Gasteiger partial charge in [0.25, 0.3) is 0 Å². The van der Waals surface area contributed by atoms with Gasteiger partial charge in [-0.25, -0.2) is 4.39 Å². The Bertz CT molecular complexity index is 710. The van der Waals surface area contributed by atoms with Crippen LogP contribution in [0.2, 0.25) is 0 Å². The summed E-state index contributed by atoms with van der Waals surface area (Å²) in [6.45, 7) is 1.37. The van der Waals surface area contributed by atoms with Gasteiger partial charge in [-0.1, -0.05) is 0 Å². The molecule has 0 bridgehead atoms. The van der Waals surface area contributed by atoms with E-state index in [1.807, 2.05) is 0 Å². The van der Waals surface area contributed by atoms with Crippen molar-refractivity contribution in [3.63, 3.8) is 0 Å².